The second-order valence-corrected chi connectivity index (χ2v) is 6.04. The molecule has 4 nitrogen and oxygen atoms in total. The minimum absolute atomic E-state index is 0.296. The molecule has 2 fully saturated rings. The molecule has 3 rings (SSSR count). The number of hydrogen-bond donors (Lipinski definition) is 1. The summed E-state index contributed by atoms with van der Waals surface area (Å²) in [5.74, 6) is 2.19. The summed E-state index contributed by atoms with van der Waals surface area (Å²) in [6.07, 6.45) is 8.08. The zero-order valence-electron chi connectivity index (χ0n) is 11.9. The Bertz CT molecular complexity index is 477. The van der Waals surface area contributed by atoms with E-state index in [0.717, 1.165) is 29.9 Å². The lowest BCUT2D eigenvalue weighted by Crippen LogP contribution is -2.40. The van der Waals surface area contributed by atoms with Crippen LogP contribution < -0.4 is 10.5 Å². The number of methoxy groups -OCH3 is 1. The molecule has 0 aliphatic heterocycles. The third-order valence-corrected chi connectivity index (χ3v) is 4.45. The molecule has 2 aliphatic rings. The largest absolute Gasteiger partial charge is 0.481 e. The number of aromatic nitrogens is 2. The van der Waals surface area contributed by atoms with Crippen molar-refractivity contribution in [2.24, 2.45) is 5.73 Å². The zero-order valence-corrected chi connectivity index (χ0v) is 11.9. The maximum atomic E-state index is 6.64. The highest BCUT2D eigenvalue weighted by Gasteiger charge is 2.36. The zero-order chi connectivity index (χ0) is 13.5. The van der Waals surface area contributed by atoms with Crippen LogP contribution in [0.3, 0.4) is 0 Å². The first-order chi connectivity index (χ1) is 9.14. The van der Waals surface area contributed by atoms with Crippen molar-refractivity contribution in [3.8, 4) is 5.88 Å². The Hall–Kier alpha value is -1.16. The van der Waals surface area contributed by atoms with Crippen LogP contribution in [0, 0.1) is 6.92 Å². The first-order valence-electron chi connectivity index (χ1n) is 7.36. The van der Waals surface area contributed by atoms with Gasteiger partial charge in [-0.15, -0.1) is 0 Å². The summed E-state index contributed by atoms with van der Waals surface area (Å²) >= 11 is 0. The second-order valence-electron chi connectivity index (χ2n) is 6.04. The Labute approximate surface area is 114 Å². The van der Waals surface area contributed by atoms with Crippen molar-refractivity contribution in [2.75, 3.05) is 7.11 Å². The van der Waals surface area contributed by atoms with Gasteiger partial charge in [-0.2, -0.15) is 4.98 Å². The summed E-state index contributed by atoms with van der Waals surface area (Å²) in [7, 11) is 1.69. The van der Waals surface area contributed by atoms with Gasteiger partial charge < -0.3 is 10.5 Å². The van der Waals surface area contributed by atoms with Crippen LogP contribution in [-0.2, 0) is 5.54 Å². The Morgan fingerprint density at radius 3 is 2.42 bits per heavy atom. The van der Waals surface area contributed by atoms with Crippen molar-refractivity contribution in [1.29, 1.82) is 0 Å². The summed E-state index contributed by atoms with van der Waals surface area (Å²) in [5.41, 5.74) is 8.40. The van der Waals surface area contributed by atoms with Gasteiger partial charge in [-0.25, -0.2) is 4.98 Å². The number of nitrogens with two attached hydrogens (primary N) is 1. The van der Waals surface area contributed by atoms with E-state index < -0.39 is 0 Å². The first-order valence-corrected chi connectivity index (χ1v) is 7.36. The number of rotatable bonds is 3. The number of nitrogens with zero attached hydrogens (tertiary/aromatic N) is 2. The van der Waals surface area contributed by atoms with Gasteiger partial charge in [-0.3, -0.25) is 0 Å². The van der Waals surface area contributed by atoms with E-state index in [1.165, 1.54) is 32.1 Å². The number of ether oxygens (including phenoxy) is 1. The Kier molecular flexibility index (Phi) is 3.21. The normalized spacial score (nSPS) is 22.3. The van der Waals surface area contributed by atoms with Crippen molar-refractivity contribution in [2.45, 2.75) is 63.3 Å². The van der Waals surface area contributed by atoms with Crippen LogP contribution in [0.1, 0.15) is 67.9 Å². The average molecular weight is 261 g/mol. The fourth-order valence-corrected chi connectivity index (χ4v) is 3.25. The van der Waals surface area contributed by atoms with E-state index in [2.05, 4.69) is 11.9 Å². The van der Waals surface area contributed by atoms with E-state index >= 15 is 0 Å². The van der Waals surface area contributed by atoms with Gasteiger partial charge in [-0.1, -0.05) is 19.3 Å². The van der Waals surface area contributed by atoms with Crippen LogP contribution in [0.25, 0.3) is 0 Å². The maximum Gasteiger partial charge on any atom is 0.221 e. The SMILES string of the molecule is COc1nc(C2CC2)nc(C)c1C1(N)CCCCC1. The minimum atomic E-state index is -0.296. The molecule has 0 aromatic carbocycles. The first kappa shape index (κ1) is 12.9. The third kappa shape index (κ3) is 2.34. The van der Waals surface area contributed by atoms with E-state index in [9.17, 15) is 0 Å². The standard InChI is InChI=1S/C15H23N3O/c1-10-12(15(16)8-4-3-5-9-15)14(19-2)18-13(17-10)11-6-7-11/h11H,3-9,16H2,1-2H3. The van der Waals surface area contributed by atoms with Gasteiger partial charge in [0.05, 0.1) is 12.7 Å². The van der Waals surface area contributed by atoms with Crippen molar-refractivity contribution >= 4 is 0 Å². The molecule has 0 atom stereocenters. The fraction of sp³-hybridized carbons (Fsp3) is 0.733. The van der Waals surface area contributed by atoms with Crippen molar-refractivity contribution in [1.82, 2.24) is 9.97 Å². The molecule has 0 radical (unpaired) electrons. The van der Waals surface area contributed by atoms with E-state index in [0.29, 0.717) is 11.8 Å². The molecule has 2 N–H and O–H groups in total. The number of aryl methyl sites for hydroxylation is 1. The summed E-state index contributed by atoms with van der Waals surface area (Å²) in [6.45, 7) is 2.05. The molecule has 2 saturated carbocycles. The van der Waals surface area contributed by atoms with Crippen LogP contribution in [0.4, 0.5) is 0 Å². The van der Waals surface area contributed by atoms with Crippen LogP contribution in [0.2, 0.25) is 0 Å². The number of hydrogen-bond acceptors (Lipinski definition) is 4. The summed E-state index contributed by atoms with van der Waals surface area (Å²) < 4.78 is 5.53. The molecule has 1 aromatic heterocycles. The lowest BCUT2D eigenvalue weighted by molar-refractivity contribution is 0.282. The highest BCUT2D eigenvalue weighted by atomic mass is 16.5. The Balaban J connectivity index is 2.03. The summed E-state index contributed by atoms with van der Waals surface area (Å²) in [4.78, 5) is 9.31. The van der Waals surface area contributed by atoms with Crippen LogP contribution >= 0.6 is 0 Å². The molecular formula is C15H23N3O. The quantitative estimate of drug-likeness (QED) is 0.909. The Morgan fingerprint density at radius 2 is 1.84 bits per heavy atom. The average Bonchev–Trinajstić information content (AvgIpc) is 3.22. The van der Waals surface area contributed by atoms with E-state index in [-0.39, 0.29) is 5.54 Å². The summed E-state index contributed by atoms with van der Waals surface area (Å²) in [6, 6.07) is 0. The van der Waals surface area contributed by atoms with E-state index in [4.69, 9.17) is 15.5 Å². The van der Waals surface area contributed by atoms with Gasteiger partial charge >= 0.3 is 0 Å². The topological polar surface area (TPSA) is 61.0 Å². The molecule has 19 heavy (non-hydrogen) atoms. The van der Waals surface area contributed by atoms with E-state index in [1.54, 1.807) is 7.11 Å². The predicted molar refractivity (Wildman–Crippen MR) is 74.2 cm³/mol. The molecular weight excluding hydrogens is 238 g/mol. The Morgan fingerprint density at radius 1 is 1.16 bits per heavy atom. The maximum absolute atomic E-state index is 6.64. The molecule has 0 amide bonds. The molecule has 4 heteroatoms. The molecule has 104 valence electrons. The molecule has 2 aliphatic carbocycles. The molecule has 0 unspecified atom stereocenters. The van der Waals surface area contributed by atoms with Gasteiger partial charge in [0.25, 0.3) is 0 Å². The third-order valence-electron chi connectivity index (χ3n) is 4.45. The molecule has 0 bridgehead atoms. The molecule has 1 heterocycles. The van der Waals surface area contributed by atoms with E-state index in [1.807, 2.05) is 0 Å². The van der Waals surface area contributed by atoms with Crippen LogP contribution in [0.5, 0.6) is 5.88 Å². The monoisotopic (exact) mass is 261 g/mol. The molecule has 0 spiro atoms. The van der Waals surface area contributed by atoms with Gasteiger partial charge in [-0.05, 0) is 32.6 Å². The van der Waals surface area contributed by atoms with Crippen LogP contribution in [0.15, 0.2) is 0 Å². The molecule has 1 aromatic rings. The predicted octanol–water partition coefficient (Wildman–Crippen LogP) is 2.79. The smallest absolute Gasteiger partial charge is 0.221 e. The van der Waals surface area contributed by atoms with Crippen molar-refractivity contribution in [3.63, 3.8) is 0 Å². The lowest BCUT2D eigenvalue weighted by atomic mass is 9.77. The fourth-order valence-electron chi connectivity index (χ4n) is 3.25. The summed E-state index contributed by atoms with van der Waals surface area (Å²) in [5, 5.41) is 0. The van der Waals surface area contributed by atoms with Gasteiger partial charge in [0.1, 0.15) is 5.82 Å². The van der Waals surface area contributed by atoms with Crippen LogP contribution in [-0.4, -0.2) is 17.1 Å². The van der Waals surface area contributed by atoms with Crippen molar-refractivity contribution < 1.29 is 4.74 Å². The highest BCUT2D eigenvalue weighted by molar-refractivity contribution is 5.38. The molecule has 0 saturated heterocycles. The second kappa shape index (κ2) is 4.75. The minimum Gasteiger partial charge on any atom is -0.481 e. The highest BCUT2D eigenvalue weighted by Crippen LogP contribution is 2.43. The van der Waals surface area contributed by atoms with Crippen molar-refractivity contribution in [3.05, 3.63) is 17.1 Å². The lowest BCUT2D eigenvalue weighted by Gasteiger charge is -2.35. The van der Waals surface area contributed by atoms with Gasteiger partial charge in [0, 0.05) is 17.2 Å². The van der Waals surface area contributed by atoms with Gasteiger partial charge in [0.15, 0.2) is 0 Å². The van der Waals surface area contributed by atoms with Gasteiger partial charge in [0.2, 0.25) is 5.88 Å².